The number of halogens is 1. The van der Waals surface area contributed by atoms with Crippen molar-refractivity contribution >= 4 is 5.96 Å². The minimum Gasteiger partial charge on any atom is -0.457 e. The number of rotatable bonds is 6. The summed E-state index contributed by atoms with van der Waals surface area (Å²) in [4.78, 5) is 4.26. The molecule has 0 aliphatic rings. The zero-order chi connectivity index (χ0) is 15.8. The fraction of sp³-hybridized carbons (Fsp3) is 0.235. The summed E-state index contributed by atoms with van der Waals surface area (Å²) in [6.07, 6.45) is 1.01. The zero-order valence-electron chi connectivity index (χ0n) is 12.6. The normalized spacial score (nSPS) is 11.3. The van der Waals surface area contributed by atoms with Gasteiger partial charge in [0.1, 0.15) is 17.3 Å². The molecule has 2 aromatic rings. The number of ether oxygens (including phenoxy) is 1. The molecule has 0 aliphatic carbocycles. The molecule has 4 nitrogen and oxygen atoms in total. The number of guanidine groups is 1. The first-order chi connectivity index (χ1) is 10.7. The summed E-state index contributed by atoms with van der Waals surface area (Å²) < 4.78 is 18.5. The number of hydrogen-bond acceptors (Lipinski definition) is 2. The van der Waals surface area contributed by atoms with Crippen LogP contribution in [0.2, 0.25) is 0 Å². The largest absolute Gasteiger partial charge is 0.457 e. The smallest absolute Gasteiger partial charge is 0.188 e. The van der Waals surface area contributed by atoms with Crippen LogP contribution in [-0.2, 0) is 6.54 Å². The van der Waals surface area contributed by atoms with E-state index in [0.29, 0.717) is 24.0 Å². The minimum absolute atomic E-state index is 0.283. The number of aliphatic imine (C=N–C) groups is 1. The van der Waals surface area contributed by atoms with E-state index in [4.69, 9.17) is 10.5 Å². The zero-order valence-corrected chi connectivity index (χ0v) is 12.6. The van der Waals surface area contributed by atoms with E-state index in [9.17, 15) is 4.39 Å². The van der Waals surface area contributed by atoms with E-state index in [2.05, 4.69) is 17.2 Å². The van der Waals surface area contributed by atoms with Gasteiger partial charge in [0.15, 0.2) is 5.96 Å². The van der Waals surface area contributed by atoms with Gasteiger partial charge in [-0.1, -0.05) is 19.1 Å². The first kappa shape index (κ1) is 15.8. The van der Waals surface area contributed by atoms with Crippen LogP contribution in [-0.4, -0.2) is 12.5 Å². The Morgan fingerprint density at radius 3 is 2.27 bits per heavy atom. The standard InChI is InChI=1S/C17H20FN3O/c1-2-11-20-17(19)21-12-13-3-7-15(8-4-13)22-16-9-5-14(18)6-10-16/h3-10H,2,11-12H2,1H3,(H3,19,20,21). The molecule has 0 unspecified atom stereocenters. The highest BCUT2D eigenvalue weighted by Crippen LogP contribution is 2.21. The molecular weight excluding hydrogens is 281 g/mol. The summed E-state index contributed by atoms with van der Waals surface area (Å²) in [5.41, 5.74) is 6.77. The first-order valence-corrected chi connectivity index (χ1v) is 7.23. The SMILES string of the molecule is CCCNC(N)=NCc1ccc(Oc2ccc(F)cc2)cc1. The number of benzene rings is 2. The summed E-state index contributed by atoms with van der Waals surface area (Å²) >= 11 is 0. The van der Waals surface area contributed by atoms with E-state index in [1.807, 2.05) is 24.3 Å². The molecular formula is C17H20FN3O. The molecule has 0 atom stereocenters. The van der Waals surface area contributed by atoms with Crippen LogP contribution in [0.15, 0.2) is 53.5 Å². The lowest BCUT2D eigenvalue weighted by Crippen LogP contribution is -2.32. The van der Waals surface area contributed by atoms with Crippen molar-refractivity contribution in [3.8, 4) is 11.5 Å². The Kier molecular flexibility index (Phi) is 5.77. The summed E-state index contributed by atoms with van der Waals surface area (Å²) in [6, 6.07) is 13.5. The Morgan fingerprint density at radius 2 is 1.68 bits per heavy atom. The van der Waals surface area contributed by atoms with E-state index in [1.54, 1.807) is 12.1 Å². The quantitative estimate of drug-likeness (QED) is 0.635. The van der Waals surface area contributed by atoms with Gasteiger partial charge >= 0.3 is 0 Å². The second-order valence-electron chi connectivity index (χ2n) is 4.83. The molecule has 0 amide bonds. The van der Waals surface area contributed by atoms with Crippen molar-refractivity contribution < 1.29 is 9.13 Å². The third-order valence-corrected chi connectivity index (χ3v) is 2.96. The van der Waals surface area contributed by atoms with Crippen LogP contribution in [0.4, 0.5) is 4.39 Å². The Bertz CT molecular complexity index is 609. The molecule has 0 heterocycles. The summed E-state index contributed by atoms with van der Waals surface area (Å²) in [5, 5.41) is 3.02. The molecule has 0 saturated carbocycles. The molecule has 3 N–H and O–H groups in total. The van der Waals surface area contributed by atoms with Crippen molar-refractivity contribution in [1.29, 1.82) is 0 Å². The van der Waals surface area contributed by atoms with Crippen LogP contribution in [0.3, 0.4) is 0 Å². The molecule has 22 heavy (non-hydrogen) atoms. The molecule has 0 bridgehead atoms. The molecule has 0 saturated heterocycles. The van der Waals surface area contributed by atoms with Crippen LogP contribution >= 0.6 is 0 Å². The predicted molar refractivity (Wildman–Crippen MR) is 86.5 cm³/mol. The first-order valence-electron chi connectivity index (χ1n) is 7.23. The summed E-state index contributed by atoms with van der Waals surface area (Å²) in [6.45, 7) is 3.40. The highest BCUT2D eigenvalue weighted by Gasteiger charge is 1.99. The highest BCUT2D eigenvalue weighted by molar-refractivity contribution is 5.77. The summed E-state index contributed by atoms with van der Waals surface area (Å²) in [5.74, 6) is 1.46. The second kappa shape index (κ2) is 8.02. The number of nitrogens with zero attached hydrogens (tertiary/aromatic N) is 1. The topological polar surface area (TPSA) is 59.6 Å². The van der Waals surface area contributed by atoms with Crippen LogP contribution in [0.1, 0.15) is 18.9 Å². The monoisotopic (exact) mass is 301 g/mol. The average Bonchev–Trinajstić information content (AvgIpc) is 2.54. The number of hydrogen-bond donors (Lipinski definition) is 2. The van der Waals surface area contributed by atoms with Gasteiger partial charge in [-0.15, -0.1) is 0 Å². The third kappa shape index (κ3) is 5.09. The molecule has 0 radical (unpaired) electrons. The van der Waals surface area contributed by atoms with Crippen LogP contribution in [0.25, 0.3) is 0 Å². The maximum Gasteiger partial charge on any atom is 0.188 e. The van der Waals surface area contributed by atoms with Crippen LogP contribution < -0.4 is 15.8 Å². The fourth-order valence-electron chi connectivity index (χ4n) is 1.79. The molecule has 2 rings (SSSR count). The molecule has 116 valence electrons. The third-order valence-electron chi connectivity index (χ3n) is 2.96. The van der Waals surface area contributed by atoms with Crippen LogP contribution in [0, 0.1) is 5.82 Å². The van der Waals surface area contributed by atoms with E-state index in [1.165, 1.54) is 12.1 Å². The van der Waals surface area contributed by atoms with Crippen molar-refractivity contribution in [3.63, 3.8) is 0 Å². The fourth-order valence-corrected chi connectivity index (χ4v) is 1.79. The second-order valence-corrected chi connectivity index (χ2v) is 4.83. The Hall–Kier alpha value is -2.56. The van der Waals surface area contributed by atoms with Gasteiger partial charge in [0, 0.05) is 6.54 Å². The van der Waals surface area contributed by atoms with E-state index in [0.717, 1.165) is 18.5 Å². The number of nitrogens with two attached hydrogens (primary N) is 1. The lowest BCUT2D eigenvalue weighted by Gasteiger charge is -2.07. The lowest BCUT2D eigenvalue weighted by molar-refractivity contribution is 0.480. The molecule has 0 fully saturated rings. The van der Waals surface area contributed by atoms with E-state index >= 15 is 0 Å². The van der Waals surface area contributed by atoms with Gasteiger partial charge in [-0.25, -0.2) is 9.38 Å². The van der Waals surface area contributed by atoms with Crippen molar-refractivity contribution in [2.24, 2.45) is 10.7 Å². The van der Waals surface area contributed by atoms with Gasteiger partial charge in [-0.3, -0.25) is 0 Å². The Labute approximate surface area is 129 Å². The predicted octanol–water partition coefficient (Wildman–Crippen LogP) is 3.43. The molecule has 0 spiro atoms. The molecule has 2 aromatic carbocycles. The minimum atomic E-state index is -0.283. The lowest BCUT2D eigenvalue weighted by atomic mass is 10.2. The van der Waals surface area contributed by atoms with Gasteiger partial charge in [-0.05, 0) is 48.4 Å². The summed E-state index contributed by atoms with van der Waals surface area (Å²) in [7, 11) is 0. The van der Waals surface area contributed by atoms with Crippen LogP contribution in [0.5, 0.6) is 11.5 Å². The highest BCUT2D eigenvalue weighted by atomic mass is 19.1. The van der Waals surface area contributed by atoms with Crippen molar-refractivity contribution in [2.75, 3.05) is 6.54 Å². The molecule has 5 heteroatoms. The Morgan fingerprint density at radius 1 is 1.09 bits per heavy atom. The maximum absolute atomic E-state index is 12.8. The van der Waals surface area contributed by atoms with Crippen molar-refractivity contribution in [2.45, 2.75) is 19.9 Å². The maximum atomic E-state index is 12.8. The van der Waals surface area contributed by atoms with Crippen molar-refractivity contribution in [3.05, 3.63) is 59.9 Å². The average molecular weight is 301 g/mol. The molecule has 0 aliphatic heterocycles. The van der Waals surface area contributed by atoms with Gasteiger partial charge in [-0.2, -0.15) is 0 Å². The Balaban J connectivity index is 1.91. The van der Waals surface area contributed by atoms with Gasteiger partial charge in [0.25, 0.3) is 0 Å². The van der Waals surface area contributed by atoms with Gasteiger partial charge in [0.2, 0.25) is 0 Å². The van der Waals surface area contributed by atoms with E-state index < -0.39 is 0 Å². The van der Waals surface area contributed by atoms with Gasteiger partial charge in [0.05, 0.1) is 6.54 Å². The van der Waals surface area contributed by atoms with E-state index in [-0.39, 0.29) is 5.82 Å². The number of nitrogens with one attached hydrogen (secondary N) is 1. The van der Waals surface area contributed by atoms with Crippen molar-refractivity contribution in [1.82, 2.24) is 5.32 Å². The van der Waals surface area contributed by atoms with Gasteiger partial charge < -0.3 is 15.8 Å². The molecule has 0 aromatic heterocycles.